The number of aliphatic hydroxyl groups excluding tert-OH is 6. The fraction of sp³-hybridized carbons (Fsp3) is 0.310. The van der Waals surface area contributed by atoms with Crippen molar-refractivity contribution in [1.82, 2.24) is 0 Å². The molecule has 0 unspecified atom stereocenters. The molecule has 0 amide bonds. The van der Waals surface area contributed by atoms with Crippen LogP contribution in [-0.2, 0) is 35.6 Å². The van der Waals surface area contributed by atoms with E-state index in [1.54, 1.807) is 36.4 Å². The zero-order valence-corrected chi connectivity index (χ0v) is 30.1. The van der Waals surface area contributed by atoms with Crippen molar-refractivity contribution < 1.29 is 64.3 Å². The van der Waals surface area contributed by atoms with Crippen LogP contribution in [0.15, 0.2) is 60.7 Å². The van der Waals surface area contributed by atoms with Gasteiger partial charge in [0.25, 0.3) is 0 Å². The minimum Gasteiger partial charge on any atom is -0.507 e. The highest BCUT2D eigenvalue weighted by Gasteiger charge is 2.44. The van der Waals surface area contributed by atoms with Crippen LogP contribution in [0.5, 0.6) is 17.2 Å². The van der Waals surface area contributed by atoms with E-state index in [0.29, 0.717) is 29.5 Å². The molecule has 0 radical (unpaired) electrons. The van der Waals surface area contributed by atoms with Gasteiger partial charge in [0.1, 0.15) is 35.6 Å². The van der Waals surface area contributed by atoms with Gasteiger partial charge >= 0.3 is 5.97 Å². The summed E-state index contributed by atoms with van der Waals surface area (Å²) in [5.74, 6) is -3.24. The smallest absolute Gasteiger partial charge is 0.308 e. The van der Waals surface area contributed by atoms with Crippen molar-refractivity contribution in [3.8, 4) is 17.2 Å². The highest BCUT2D eigenvalue weighted by molar-refractivity contribution is 6.31. The zero-order chi connectivity index (χ0) is 39.6. The SMILES string of the molecule is CC(=O)Oc1cc(CO)c2c(c1/C=C/c1cccc(CCCO)c1)C(=O)c1cc(O[C@H]3O[C@@H](C)[C@@H](O)[C@@H](O)[C@H]3O)c(Cc3cccc(CO)c3)c(O)c1C2=O. The first-order valence-electron chi connectivity index (χ1n) is 17.8. The molecular formula is C42H42O13. The first-order chi connectivity index (χ1) is 26.4. The Kier molecular flexibility index (Phi) is 11.9. The predicted molar refractivity (Wildman–Crippen MR) is 198 cm³/mol. The molecule has 5 atom stereocenters. The lowest BCUT2D eigenvalue weighted by molar-refractivity contribution is -0.268. The van der Waals surface area contributed by atoms with Crippen LogP contribution in [0.2, 0.25) is 0 Å². The normalized spacial score (nSPS) is 20.7. The average Bonchev–Trinajstić information content (AvgIpc) is 3.17. The summed E-state index contributed by atoms with van der Waals surface area (Å²) in [6.07, 6.45) is -3.19. The molecule has 0 saturated carbocycles. The average molecular weight is 755 g/mol. The fourth-order valence-electron chi connectivity index (χ4n) is 6.97. The van der Waals surface area contributed by atoms with E-state index in [1.165, 1.54) is 25.1 Å². The van der Waals surface area contributed by atoms with Gasteiger partial charge in [-0.2, -0.15) is 0 Å². The molecule has 1 aliphatic heterocycles. The monoisotopic (exact) mass is 754 g/mol. The van der Waals surface area contributed by atoms with Crippen molar-refractivity contribution in [3.05, 3.63) is 122 Å². The lowest BCUT2D eigenvalue weighted by Crippen LogP contribution is -2.58. The molecule has 13 heteroatoms. The van der Waals surface area contributed by atoms with Crippen molar-refractivity contribution in [3.63, 3.8) is 0 Å². The number of phenolic OH excluding ortho intramolecular Hbond substituents is 1. The summed E-state index contributed by atoms with van der Waals surface area (Å²) in [5.41, 5.74) is 1.71. The van der Waals surface area contributed by atoms with Crippen LogP contribution in [0.1, 0.15) is 91.1 Å². The summed E-state index contributed by atoms with van der Waals surface area (Å²) in [6.45, 7) is 1.64. The summed E-state index contributed by atoms with van der Waals surface area (Å²) < 4.78 is 17.3. The largest absolute Gasteiger partial charge is 0.507 e. The molecule has 7 N–H and O–H groups in total. The van der Waals surface area contributed by atoms with Gasteiger partial charge in [0.2, 0.25) is 6.29 Å². The molecule has 1 saturated heterocycles. The summed E-state index contributed by atoms with van der Waals surface area (Å²) >= 11 is 0. The number of benzene rings is 4. The summed E-state index contributed by atoms with van der Waals surface area (Å²) in [4.78, 5) is 41.6. The molecule has 1 aliphatic carbocycles. The first kappa shape index (κ1) is 39.4. The number of phenols is 1. The third-order valence-corrected chi connectivity index (χ3v) is 9.75. The Morgan fingerprint density at radius 2 is 1.53 bits per heavy atom. The summed E-state index contributed by atoms with van der Waals surface area (Å²) in [7, 11) is 0. The van der Waals surface area contributed by atoms with Crippen molar-refractivity contribution in [2.24, 2.45) is 0 Å². The maximum Gasteiger partial charge on any atom is 0.308 e. The number of aromatic hydroxyl groups is 1. The van der Waals surface area contributed by atoms with E-state index in [4.69, 9.17) is 14.2 Å². The molecular weight excluding hydrogens is 712 g/mol. The van der Waals surface area contributed by atoms with Gasteiger partial charge in [0.15, 0.2) is 11.6 Å². The van der Waals surface area contributed by atoms with Crippen LogP contribution in [0.3, 0.4) is 0 Å². The molecule has 2 aliphatic rings. The number of ether oxygens (including phenoxy) is 3. The zero-order valence-electron chi connectivity index (χ0n) is 30.1. The molecule has 1 fully saturated rings. The summed E-state index contributed by atoms with van der Waals surface area (Å²) in [6, 6.07) is 16.7. The number of rotatable bonds is 12. The Balaban J connectivity index is 1.54. The molecule has 6 rings (SSSR count). The number of esters is 1. The van der Waals surface area contributed by atoms with E-state index in [0.717, 1.165) is 12.5 Å². The van der Waals surface area contributed by atoms with Crippen LogP contribution < -0.4 is 9.47 Å². The molecule has 55 heavy (non-hydrogen) atoms. The third-order valence-electron chi connectivity index (χ3n) is 9.75. The van der Waals surface area contributed by atoms with Crippen molar-refractivity contribution in [2.75, 3.05) is 6.61 Å². The van der Waals surface area contributed by atoms with Gasteiger partial charge in [-0.15, -0.1) is 0 Å². The Morgan fingerprint density at radius 3 is 2.24 bits per heavy atom. The number of carbonyl (C=O) groups is 3. The quantitative estimate of drug-likeness (QED) is 0.0554. The van der Waals surface area contributed by atoms with Gasteiger partial charge in [-0.3, -0.25) is 14.4 Å². The maximum atomic E-state index is 14.7. The number of aliphatic hydroxyl groups is 6. The fourth-order valence-corrected chi connectivity index (χ4v) is 6.97. The van der Waals surface area contributed by atoms with Crippen LogP contribution in [-0.4, -0.2) is 90.6 Å². The number of hydrogen-bond donors (Lipinski definition) is 7. The summed E-state index contributed by atoms with van der Waals surface area (Å²) in [5, 5.41) is 73.0. The third kappa shape index (κ3) is 7.95. The Hall–Kier alpha value is -5.25. The van der Waals surface area contributed by atoms with E-state index >= 15 is 0 Å². The van der Waals surface area contributed by atoms with E-state index in [9.17, 15) is 50.1 Å². The van der Waals surface area contributed by atoms with E-state index < -0.39 is 60.6 Å². The number of carbonyl (C=O) groups excluding carboxylic acids is 3. The first-order valence-corrected chi connectivity index (χ1v) is 17.8. The van der Waals surface area contributed by atoms with Crippen LogP contribution in [0.4, 0.5) is 0 Å². The number of ketones is 2. The molecule has 13 nitrogen and oxygen atoms in total. The van der Waals surface area contributed by atoms with E-state index in [1.807, 2.05) is 18.2 Å². The van der Waals surface area contributed by atoms with E-state index in [-0.39, 0.29) is 70.1 Å². The lowest BCUT2D eigenvalue weighted by atomic mass is 9.77. The van der Waals surface area contributed by atoms with E-state index in [2.05, 4.69) is 0 Å². The van der Waals surface area contributed by atoms with Gasteiger partial charge in [-0.05, 0) is 65.8 Å². The molecule has 0 spiro atoms. The molecule has 4 aromatic rings. The second-order valence-electron chi connectivity index (χ2n) is 13.6. The van der Waals surface area contributed by atoms with Crippen LogP contribution >= 0.6 is 0 Å². The highest BCUT2D eigenvalue weighted by Crippen LogP contribution is 2.45. The highest BCUT2D eigenvalue weighted by atomic mass is 16.7. The van der Waals surface area contributed by atoms with Crippen molar-refractivity contribution in [2.45, 2.75) is 77.0 Å². The lowest BCUT2D eigenvalue weighted by Gasteiger charge is -2.39. The topological polar surface area (TPSA) is 221 Å². The molecule has 0 aromatic heterocycles. The minimum atomic E-state index is -1.76. The molecule has 1 heterocycles. The van der Waals surface area contributed by atoms with Gasteiger partial charge < -0.3 is 50.0 Å². The second kappa shape index (κ2) is 16.6. The molecule has 4 aromatic carbocycles. The number of fused-ring (bicyclic) bond motifs is 2. The molecule has 0 bridgehead atoms. The van der Waals surface area contributed by atoms with Crippen LogP contribution in [0.25, 0.3) is 12.2 Å². The van der Waals surface area contributed by atoms with Gasteiger partial charge in [-0.25, -0.2) is 0 Å². The minimum absolute atomic E-state index is 0.00536. The standard InChI is InChI=1S/C42H42O13/c1-21-36(47)40(51)41(52)42(53-21)55-32-18-30-35(37(48)29(32)16-25-8-4-9-26(15-25)19-44)39(50)33-27(20-45)17-31(54-22(2)46)28(34(33)38(30)49)12-11-24-7-3-6-23(14-24)10-5-13-43/h3-4,6-9,11-12,14-15,17-18,21,36,40-45,47-48,51-52H,5,10,13,16,19-20H2,1-2H3/b12-11+/t21-,36+,40+,41+,42+/m0/s1. The van der Waals surface area contributed by atoms with Gasteiger partial charge in [0, 0.05) is 47.8 Å². The van der Waals surface area contributed by atoms with Crippen molar-refractivity contribution >= 4 is 29.7 Å². The number of aryl methyl sites for hydroxylation is 1. The predicted octanol–water partition coefficient (Wildman–Crippen LogP) is 2.97. The Morgan fingerprint density at radius 1 is 0.800 bits per heavy atom. The molecule has 288 valence electrons. The Labute approximate surface area is 316 Å². The second-order valence-corrected chi connectivity index (χ2v) is 13.6. The van der Waals surface area contributed by atoms with Crippen molar-refractivity contribution in [1.29, 1.82) is 0 Å². The van der Waals surface area contributed by atoms with Gasteiger partial charge in [0.05, 0.1) is 24.9 Å². The maximum absolute atomic E-state index is 14.7. The van der Waals surface area contributed by atoms with Gasteiger partial charge in [-0.1, -0.05) is 54.6 Å². The number of hydrogen-bond acceptors (Lipinski definition) is 13. The van der Waals surface area contributed by atoms with Crippen LogP contribution in [0, 0.1) is 0 Å². The Bertz CT molecular complexity index is 2160.